The zero-order valence-corrected chi connectivity index (χ0v) is 16.9. The third-order valence-electron chi connectivity index (χ3n) is 5.26. The molecule has 0 radical (unpaired) electrons. The minimum atomic E-state index is -0.462. The minimum Gasteiger partial charge on any atom is -0.393 e. The molecule has 1 rings (SSSR count). The monoisotopic (exact) mass is 381 g/mol. The van der Waals surface area contributed by atoms with E-state index in [1.54, 1.807) is 0 Å². The van der Waals surface area contributed by atoms with Gasteiger partial charge in [-0.25, -0.2) is 0 Å². The number of aliphatic hydroxyl groups excluding tert-OH is 2. The van der Waals surface area contributed by atoms with Gasteiger partial charge in [0, 0.05) is 32.0 Å². The predicted octanol–water partition coefficient (Wildman–Crippen LogP) is 3.49. The smallest absolute Gasteiger partial charge is 0.217 e. The summed E-state index contributed by atoms with van der Waals surface area (Å²) >= 11 is 0. The fraction of sp³-hybridized carbons (Fsp3) is 0.773. The Balaban J connectivity index is 2.27. The topological polar surface area (TPSA) is 92.8 Å². The highest BCUT2D eigenvalue weighted by Crippen LogP contribution is 2.36. The number of unbranched alkanes of at least 4 members (excludes halogenated alkanes) is 5. The number of rotatable bonds is 15. The molecule has 0 heterocycles. The number of hydrogen-bond donors (Lipinski definition) is 3. The molecular formula is C22H39NO4. The fourth-order valence-corrected chi connectivity index (χ4v) is 3.69. The number of amides is 1. The Kier molecular flexibility index (Phi) is 13.1. The molecule has 0 bridgehead atoms. The molecule has 4 N–H and O–H groups in total. The van der Waals surface area contributed by atoms with Gasteiger partial charge < -0.3 is 20.7 Å². The molecule has 5 heteroatoms. The number of primary amides is 1. The standard InChI is InChI=1S/C22H39NO4/c1-2-27-16-12-8-4-3-5-9-13-18-19(21(25)17-20(18)24)14-10-6-7-11-15-22(23)26/h6,9-10,13,18-21,24-25H,2-5,7-8,11-12,14-17H2,1H3,(H2,23,26)/b10-6-,13-9+/t18-,19?,20-,21+/m1/s1. The summed E-state index contributed by atoms with van der Waals surface area (Å²) in [5, 5.41) is 20.5. The number of nitrogens with two attached hydrogens (primary N) is 1. The van der Waals surface area contributed by atoms with Crippen LogP contribution >= 0.6 is 0 Å². The van der Waals surface area contributed by atoms with E-state index in [1.807, 2.05) is 13.0 Å². The van der Waals surface area contributed by atoms with Crippen molar-refractivity contribution in [2.24, 2.45) is 17.6 Å². The zero-order chi connectivity index (χ0) is 19.9. The van der Waals surface area contributed by atoms with Gasteiger partial charge in [-0.2, -0.15) is 0 Å². The summed E-state index contributed by atoms with van der Waals surface area (Å²) < 4.78 is 5.34. The molecule has 1 saturated carbocycles. The summed E-state index contributed by atoms with van der Waals surface area (Å²) in [5.41, 5.74) is 5.13. The molecule has 0 aliphatic heterocycles. The second-order valence-electron chi connectivity index (χ2n) is 7.51. The van der Waals surface area contributed by atoms with Gasteiger partial charge in [-0.3, -0.25) is 4.79 Å². The molecule has 1 aliphatic carbocycles. The van der Waals surface area contributed by atoms with Gasteiger partial charge in [-0.1, -0.05) is 37.1 Å². The van der Waals surface area contributed by atoms with Gasteiger partial charge in [0.15, 0.2) is 0 Å². The highest BCUT2D eigenvalue weighted by Gasteiger charge is 2.39. The van der Waals surface area contributed by atoms with Crippen molar-refractivity contribution in [1.29, 1.82) is 0 Å². The Morgan fingerprint density at radius 2 is 1.78 bits per heavy atom. The Hall–Kier alpha value is -1.17. The molecule has 1 amide bonds. The van der Waals surface area contributed by atoms with Crippen LogP contribution in [0, 0.1) is 11.8 Å². The lowest BCUT2D eigenvalue weighted by Gasteiger charge is -2.19. The van der Waals surface area contributed by atoms with Crippen molar-refractivity contribution in [2.45, 2.75) is 83.3 Å². The summed E-state index contributed by atoms with van der Waals surface area (Å²) in [6.07, 6.45) is 16.3. The quantitative estimate of drug-likeness (QED) is 0.299. The molecule has 0 saturated heterocycles. The summed E-state index contributed by atoms with van der Waals surface area (Å²) in [4.78, 5) is 10.7. The van der Waals surface area contributed by atoms with E-state index < -0.39 is 12.2 Å². The summed E-state index contributed by atoms with van der Waals surface area (Å²) in [5.74, 6) is -0.180. The number of carbonyl (C=O) groups is 1. The largest absolute Gasteiger partial charge is 0.393 e. The average molecular weight is 382 g/mol. The number of carbonyl (C=O) groups excluding carboxylic acids is 1. The van der Waals surface area contributed by atoms with E-state index in [-0.39, 0.29) is 17.7 Å². The van der Waals surface area contributed by atoms with Crippen LogP contribution in [0.4, 0.5) is 0 Å². The highest BCUT2D eigenvalue weighted by atomic mass is 16.5. The van der Waals surface area contributed by atoms with Crippen molar-refractivity contribution in [3.8, 4) is 0 Å². The Morgan fingerprint density at radius 3 is 2.52 bits per heavy atom. The first-order chi connectivity index (χ1) is 13.1. The van der Waals surface area contributed by atoms with Gasteiger partial charge in [0.25, 0.3) is 0 Å². The molecular weight excluding hydrogens is 342 g/mol. The van der Waals surface area contributed by atoms with Crippen LogP contribution in [0.25, 0.3) is 0 Å². The number of ether oxygens (including phenoxy) is 1. The van der Waals surface area contributed by atoms with E-state index in [9.17, 15) is 15.0 Å². The Morgan fingerprint density at radius 1 is 1.04 bits per heavy atom. The summed E-state index contributed by atoms with van der Waals surface area (Å²) in [6.45, 7) is 3.67. The van der Waals surface area contributed by atoms with Gasteiger partial charge >= 0.3 is 0 Å². The number of aliphatic hydroxyl groups is 2. The van der Waals surface area contributed by atoms with Crippen LogP contribution < -0.4 is 5.73 Å². The van der Waals surface area contributed by atoms with Crippen LogP contribution in [-0.2, 0) is 9.53 Å². The lowest BCUT2D eigenvalue weighted by Crippen LogP contribution is -2.19. The van der Waals surface area contributed by atoms with Crippen molar-refractivity contribution in [3.63, 3.8) is 0 Å². The zero-order valence-electron chi connectivity index (χ0n) is 16.9. The van der Waals surface area contributed by atoms with Crippen LogP contribution in [0.3, 0.4) is 0 Å². The first-order valence-corrected chi connectivity index (χ1v) is 10.6. The third kappa shape index (κ3) is 10.7. The summed E-state index contributed by atoms with van der Waals surface area (Å²) in [7, 11) is 0. The Labute approximate surface area is 164 Å². The van der Waals surface area contributed by atoms with Crippen LogP contribution in [-0.4, -0.2) is 41.5 Å². The van der Waals surface area contributed by atoms with Crippen molar-refractivity contribution in [3.05, 3.63) is 24.3 Å². The van der Waals surface area contributed by atoms with E-state index >= 15 is 0 Å². The molecule has 4 atom stereocenters. The third-order valence-corrected chi connectivity index (χ3v) is 5.26. The maximum atomic E-state index is 10.7. The molecule has 1 aliphatic rings. The predicted molar refractivity (Wildman–Crippen MR) is 109 cm³/mol. The van der Waals surface area contributed by atoms with Gasteiger partial charge in [-0.05, 0) is 51.4 Å². The van der Waals surface area contributed by atoms with Crippen molar-refractivity contribution < 1.29 is 19.7 Å². The normalized spacial score (nSPS) is 25.7. The molecule has 0 aromatic heterocycles. The average Bonchev–Trinajstić information content (AvgIpc) is 2.89. The van der Waals surface area contributed by atoms with Crippen LogP contribution in [0.15, 0.2) is 24.3 Å². The molecule has 156 valence electrons. The van der Waals surface area contributed by atoms with E-state index in [0.717, 1.165) is 51.7 Å². The molecule has 1 fully saturated rings. The maximum Gasteiger partial charge on any atom is 0.217 e. The van der Waals surface area contributed by atoms with Gasteiger partial charge in [-0.15, -0.1) is 0 Å². The second-order valence-corrected chi connectivity index (χ2v) is 7.51. The van der Waals surface area contributed by atoms with Crippen LogP contribution in [0.5, 0.6) is 0 Å². The molecule has 1 unspecified atom stereocenters. The second kappa shape index (κ2) is 14.8. The van der Waals surface area contributed by atoms with E-state index in [2.05, 4.69) is 18.2 Å². The summed E-state index contributed by atoms with van der Waals surface area (Å²) in [6, 6.07) is 0. The van der Waals surface area contributed by atoms with Crippen LogP contribution in [0.1, 0.15) is 71.1 Å². The lowest BCUT2D eigenvalue weighted by molar-refractivity contribution is -0.118. The minimum absolute atomic E-state index is 0.0215. The molecule has 0 spiro atoms. The first-order valence-electron chi connectivity index (χ1n) is 10.6. The van der Waals surface area contributed by atoms with Crippen LogP contribution in [0.2, 0.25) is 0 Å². The SMILES string of the molecule is CCOCCCCCC/C=C/[C@@H]1C(C/C=C\CCCC(N)=O)[C@@H](O)C[C@H]1O. The van der Waals surface area contributed by atoms with E-state index in [0.29, 0.717) is 12.8 Å². The molecule has 0 aromatic carbocycles. The Bertz CT molecular complexity index is 450. The van der Waals surface area contributed by atoms with Gasteiger partial charge in [0.1, 0.15) is 0 Å². The molecule has 5 nitrogen and oxygen atoms in total. The van der Waals surface area contributed by atoms with E-state index in [4.69, 9.17) is 10.5 Å². The number of hydrogen-bond acceptors (Lipinski definition) is 4. The lowest BCUT2D eigenvalue weighted by atomic mass is 9.89. The van der Waals surface area contributed by atoms with Crippen molar-refractivity contribution in [2.75, 3.05) is 13.2 Å². The van der Waals surface area contributed by atoms with Crippen molar-refractivity contribution in [1.82, 2.24) is 0 Å². The number of allylic oxidation sites excluding steroid dienone is 3. The van der Waals surface area contributed by atoms with Gasteiger partial charge in [0.05, 0.1) is 12.2 Å². The highest BCUT2D eigenvalue weighted by molar-refractivity contribution is 5.73. The van der Waals surface area contributed by atoms with E-state index in [1.165, 1.54) is 12.8 Å². The fourth-order valence-electron chi connectivity index (χ4n) is 3.69. The van der Waals surface area contributed by atoms with Gasteiger partial charge in [0.2, 0.25) is 5.91 Å². The molecule has 0 aromatic rings. The maximum absolute atomic E-state index is 10.7. The first kappa shape index (κ1) is 23.9. The van der Waals surface area contributed by atoms with Crippen molar-refractivity contribution >= 4 is 5.91 Å². The molecule has 27 heavy (non-hydrogen) atoms.